The number of carbonyl (C=O) groups is 2. The van der Waals surface area contributed by atoms with E-state index in [1.54, 1.807) is 22.3 Å². The van der Waals surface area contributed by atoms with E-state index >= 15 is 0 Å². The number of esters is 1. The van der Waals surface area contributed by atoms with Gasteiger partial charge in [0.25, 0.3) is 0 Å². The molecule has 0 fully saturated rings. The van der Waals surface area contributed by atoms with Gasteiger partial charge in [-0.05, 0) is 41.6 Å². The van der Waals surface area contributed by atoms with Gasteiger partial charge in [0.15, 0.2) is 0 Å². The lowest BCUT2D eigenvalue weighted by Crippen LogP contribution is -2.30. The Morgan fingerprint density at radius 3 is 2.90 bits per heavy atom. The number of anilines is 1. The van der Waals surface area contributed by atoms with Crippen LogP contribution in [0, 0.1) is 0 Å². The minimum atomic E-state index is -0.346. The van der Waals surface area contributed by atoms with Gasteiger partial charge >= 0.3 is 5.97 Å². The number of methoxy groups -OCH3 is 1. The third kappa shape index (κ3) is 2.69. The van der Waals surface area contributed by atoms with Gasteiger partial charge in [0, 0.05) is 17.1 Å². The molecule has 0 spiro atoms. The van der Waals surface area contributed by atoms with E-state index in [-0.39, 0.29) is 11.9 Å². The fraction of sp³-hybridized carbons (Fsp3) is 0.250. The van der Waals surface area contributed by atoms with Gasteiger partial charge in [-0.15, -0.1) is 11.3 Å². The molecule has 108 valence electrons. The Morgan fingerprint density at radius 1 is 1.33 bits per heavy atom. The van der Waals surface area contributed by atoms with Crippen LogP contribution in [0.15, 0.2) is 35.7 Å². The summed E-state index contributed by atoms with van der Waals surface area (Å²) in [6.45, 7) is 0.671. The second-order valence-electron chi connectivity index (χ2n) is 4.89. The molecule has 0 radical (unpaired) electrons. The zero-order valence-electron chi connectivity index (χ0n) is 11.7. The van der Waals surface area contributed by atoms with Gasteiger partial charge in [0.05, 0.1) is 19.1 Å². The van der Waals surface area contributed by atoms with Crippen LogP contribution in [0.3, 0.4) is 0 Å². The summed E-state index contributed by atoms with van der Waals surface area (Å²) < 4.78 is 4.72. The maximum absolute atomic E-state index is 12.4. The van der Waals surface area contributed by atoms with E-state index in [2.05, 4.69) is 0 Å². The lowest BCUT2D eigenvalue weighted by atomic mass is 10.1. The SMILES string of the molecule is COC(=O)c1ccc2c(c1)CCN2C(=O)Cc1cccs1. The molecule has 2 heterocycles. The molecular formula is C16H15NO3S. The van der Waals surface area contributed by atoms with Crippen LogP contribution in [0.2, 0.25) is 0 Å². The molecule has 0 aliphatic carbocycles. The van der Waals surface area contributed by atoms with E-state index in [1.807, 2.05) is 29.6 Å². The number of carbonyl (C=O) groups excluding carboxylic acids is 2. The van der Waals surface area contributed by atoms with Gasteiger partial charge < -0.3 is 9.64 Å². The van der Waals surface area contributed by atoms with E-state index in [0.29, 0.717) is 18.5 Å². The van der Waals surface area contributed by atoms with Crippen molar-refractivity contribution < 1.29 is 14.3 Å². The Bertz CT molecular complexity index is 679. The molecule has 0 atom stereocenters. The van der Waals surface area contributed by atoms with Crippen molar-refractivity contribution in [3.05, 3.63) is 51.7 Å². The standard InChI is InChI=1S/C16H15NO3S/c1-20-16(19)12-4-5-14-11(9-12)6-7-17(14)15(18)10-13-3-2-8-21-13/h2-5,8-9H,6-7,10H2,1H3. The van der Waals surface area contributed by atoms with Crippen molar-refractivity contribution in [1.29, 1.82) is 0 Å². The topological polar surface area (TPSA) is 46.6 Å². The van der Waals surface area contributed by atoms with E-state index < -0.39 is 0 Å². The molecule has 3 rings (SSSR count). The highest BCUT2D eigenvalue weighted by Crippen LogP contribution is 2.30. The average molecular weight is 301 g/mol. The van der Waals surface area contributed by atoms with Gasteiger partial charge in [0.2, 0.25) is 5.91 Å². The van der Waals surface area contributed by atoms with E-state index in [0.717, 1.165) is 22.5 Å². The summed E-state index contributed by atoms with van der Waals surface area (Å²) in [6, 6.07) is 9.29. The molecule has 21 heavy (non-hydrogen) atoms. The van der Waals surface area contributed by atoms with E-state index in [9.17, 15) is 9.59 Å². The normalized spacial score (nSPS) is 13.1. The summed E-state index contributed by atoms with van der Waals surface area (Å²) in [5, 5.41) is 1.98. The summed E-state index contributed by atoms with van der Waals surface area (Å²) in [6.07, 6.45) is 1.20. The fourth-order valence-corrected chi connectivity index (χ4v) is 3.26. The predicted octanol–water partition coefficient (Wildman–Crippen LogP) is 2.67. The first kappa shape index (κ1) is 13.8. The van der Waals surface area contributed by atoms with Crippen molar-refractivity contribution in [3.8, 4) is 0 Å². The number of hydrogen-bond acceptors (Lipinski definition) is 4. The van der Waals surface area contributed by atoms with Crippen molar-refractivity contribution in [1.82, 2.24) is 0 Å². The van der Waals surface area contributed by atoms with Gasteiger partial charge in [-0.2, -0.15) is 0 Å². The fourth-order valence-electron chi connectivity index (χ4n) is 2.56. The summed E-state index contributed by atoms with van der Waals surface area (Å²) in [7, 11) is 1.37. The van der Waals surface area contributed by atoms with Gasteiger partial charge in [0.1, 0.15) is 0 Å². The lowest BCUT2D eigenvalue weighted by molar-refractivity contribution is -0.117. The molecule has 4 nitrogen and oxygen atoms in total. The Kier molecular flexibility index (Phi) is 3.75. The first-order valence-corrected chi connectivity index (χ1v) is 7.61. The lowest BCUT2D eigenvalue weighted by Gasteiger charge is -2.17. The van der Waals surface area contributed by atoms with Crippen molar-refractivity contribution in [2.24, 2.45) is 0 Å². The highest BCUT2D eigenvalue weighted by molar-refractivity contribution is 7.10. The van der Waals surface area contributed by atoms with Crippen molar-refractivity contribution >= 4 is 28.9 Å². The van der Waals surface area contributed by atoms with E-state index in [1.165, 1.54) is 7.11 Å². The zero-order valence-corrected chi connectivity index (χ0v) is 12.5. The highest BCUT2D eigenvalue weighted by Gasteiger charge is 2.25. The molecule has 0 saturated carbocycles. The van der Waals surface area contributed by atoms with Crippen molar-refractivity contribution in [2.75, 3.05) is 18.6 Å². The first-order valence-electron chi connectivity index (χ1n) is 6.73. The second kappa shape index (κ2) is 5.69. The molecule has 1 aliphatic rings. The molecular weight excluding hydrogens is 286 g/mol. The Labute approximate surface area is 127 Å². The number of benzene rings is 1. The Hall–Kier alpha value is -2.14. The molecule has 1 aromatic heterocycles. The summed E-state index contributed by atoms with van der Waals surface area (Å²) in [4.78, 5) is 26.8. The number of hydrogen-bond donors (Lipinski definition) is 0. The van der Waals surface area contributed by atoms with Crippen LogP contribution in [0.1, 0.15) is 20.8 Å². The minimum Gasteiger partial charge on any atom is -0.465 e. The van der Waals surface area contributed by atoms with Crippen LogP contribution >= 0.6 is 11.3 Å². The Balaban J connectivity index is 1.80. The molecule has 0 unspecified atom stereocenters. The molecule has 0 bridgehead atoms. The smallest absolute Gasteiger partial charge is 0.337 e. The number of amides is 1. The minimum absolute atomic E-state index is 0.0991. The maximum Gasteiger partial charge on any atom is 0.337 e. The molecule has 1 amide bonds. The van der Waals surface area contributed by atoms with Crippen LogP contribution in [0.4, 0.5) is 5.69 Å². The average Bonchev–Trinajstić information content (AvgIpc) is 3.14. The maximum atomic E-state index is 12.4. The molecule has 5 heteroatoms. The van der Waals surface area contributed by atoms with E-state index in [4.69, 9.17) is 4.74 Å². The van der Waals surface area contributed by atoms with Crippen LogP contribution in [-0.2, 0) is 22.4 Å². The monoisotopic (exact) mass is 301 g/mol. The van der Waals surface area contributed by atoms with Crippen molar-refractivity contribution in [2.45, 2.75) is 12.8 Å². The number of ether oxygens (including phenoxy) is 1. The summed E-state index contributed by atoms with van der Waals surface area (Å²) >= 11 is 1.59. The van der Waals surface area contributed by atoms with Gasteiger partial charge in [-0.3, -0.25) is 4.79 Å². The number of nitrogens with zero attached hydrogens (tertiary/aromatic N) is 1. The largest absolute Gasteiger partial charge is 0.465 e. The van der Waals surface area contributed by atoms with Crippen LogP contribution in [0.5, 0.6) is 0 Å². The van der Waals surface area contributed by atoms with Crippen molar-refractivity contribution in [3.63, 3.8) is 0 Å². The van der Waals surface area contributed by atoms with Gasteiger partial charge in [-0.25, -0.2) is 4.79 Å². The third-order valence-electron chi connectivity index (χ3n) is 3.60. The quantitative estimate of drug-likeness (QED) is 0.819. The third-order valence-corrected chi connectivity index (χ3v) is 4.48. The van der Waals surface area contributed by atoms with Crippen LogP contribution in [-0.4, -0.2) is 25.5 Å². The Morgan fingerprint density at radius 2 is 2.19 bits per heavy atom. The summed E-state index contributed by atoms with van der Waals surface area (Å²) in [5.41, 5.74) is 2.46. The number of thiophene rings is 1. The molecule has 2 aromatic rings. The number of fused-ring (bicyclic) bond motifs is 1. The predicted molar refractivity (Wildman–Crippen MR) is 81.9 cm³/mol. The molecule has 1 aromatic carbocycles. The molecule has 0 N–H and O–H groups in total. The van der Waals surface area contributed by atoms with Crippen LogP contribution < -0.4 is 4.90 Å². The molecule has 0 saturated heterocycles. The first-order chi connectivity index (χ1) is 10.2. The summed E-state index contributed by atoms with van der Waals surface area (Å²) in [5.74, 6) is -0.247. The van der Waals surface area contributed by atoms with Gasteiger partial charge in [-0.1, -0.05) is 6.07 Å². The zero-order chi connectivity index (χ0) is 14.8. The van der Waals surface area contributed by atoms with Crippen LogP contribution in [0.25, 0.3) is 0 Å². The highest BCUT2D eigenvalue weighted by atomic mass is 32.1. The molecule has 1 aliphatic heterocycles. The number of rotatable bonds is 3. The second-order valence-corrected chi connectivity index (χ2v) is 5.92.